The molecule has 0 aromatic heterocycles. The van der Waals surface area contributed by atoms with Crippen molar-refractivity contribution in [2.24, 2.45) is 17.3 Å². The van der Waals surface area contributed by atoms with Crippen LogP contribution in [0.15, 0.2) is 0 Å². The number of carbonyl (C=O) groups excluding carboxylic acids is 3. The molecular formula is C29H58O6Si2. The molecule has 0 spiro atoms. The van der Waals surface area contributed by atoms with E-state index in [9.17, 15) is 14.4 Å². The Bertz CT molecular complexity index is 797. The van der Waals surface area contributed by atoms with Gasteiger partial charge in [0.05, 0.1) is 18.6 Å². The third-order valence-corrected chi connectivity index (χ3v) is 17.3. The fourth-order valence-electron chi connectivity index (χ4n) is 3.66. The minimum Gasteiger partial charge on any atom is -0.460 e. The number of Topliss-reactive ketones (excluding diaryl/α,β-unsaturated/α-hetero) is 1. The van der Waals surface area contributed by atoms with E-state index < -0.39 is 51.7 Å². The van der Waals surface area contributed by atoms with E-state index in [1.165, 1.54) is 0 Å². The van der Waals surface area contributed by atoms with Gasteiger partial charge in [-0.05, 0) is 57.0 Å². The van der Waals surface area contributed by atoms with Gasteiger partial charge in [-0.2, -0.15) is 0 Å². The molecule has 0 saturated carbocycles. The molecule has 0 rings (SSSR count). The fraction of sp³-hybridized carbons (Fsp3) is 0.897. The highest BCUT2D eigenvalue weighted by molar-refractivity contribution is 6.74. The number of aldehydes is 1. The van der Waals surface area contributed by atoms with E-state index in [4.69, 9.17) is 13.6 Å². The van der Waals surface area contributed by atoms with E-state index in [0.29, 0.717) is 0 Å². The van der Waals surface area contributed by atoms with Gasteiger partial charge >= 0.3 is 5.97 Å². The van der Waals surface area contributed by atoms with Crippen molar-refractivity contribution in [2.75, 3.05) is 0 Å². The second-order valence-corrected chi connectivity index (χ2v) is 24.9. The Morgan fingerprint density at radius 2 is 1.16 bits per heavy atom. The Morgan fingerprint density at radius 3 is 1.51 bits per heavy atom. The summed E-state index contributed by atoms with van der Waals surface area (Å²) in [4.78, 5) is 39.1. The molecule has 6 nitrogen and oxygen atoms in total. The lowest BCUT2D eigenvalue weighted by atomic mass is 9.73. The van der Waals surface area contributed by atoms with Gasteiger partial charge in [0.15, 0.2) is 16.6 Å². The number of esters is 1. The minimum atomic E-state index is -2.34. The van der Waals surface area contributed by atoms with Crippen LogP contribution in [0.25, 0.3) is 0 Å². The first-order chi connectivity index (χ1) is 16.1. The molecule has 0 aromatic carbocycles. The van der Waals surface area contributed by atoms with Gasteiger partial charge in [0.2, 0.25) is 0 Å². The molecule has 0 aliphatic carbocycles. The summed E-state index contributed by atoms with van der Waals surface area (Å²) in [6.45, 7) is 34.2. The molecule has 0 saturated heterocycles. The predicted octanol–water partition coefficient (Wildman–Crippen LogP) is 7.57. The van der Waals surface area contributed by atoms with Crippen molar-refractivity contribution in [3.8, 4) is 0 Å². The molecule has 0 aromatic rings. The van der Waals surface area contributed by atoms with Gasteiger partial charge in [-0.3, -0.25) is 9.59 Å². The molecule has 0 aliphatic heterocycles. The summed E-state index contributed by atoms with van der Waals surface area (Å²) in [7, 11) is -4.61. The summed E-state index contributed by atoms with van der Waals surface area (Å²) in [5.74, 6) is -1.47. The van der Waals surface area contributed by atoms with Gasteiger partial charge in [-0.1, -0.05) is 69.2 Å². The summed E-state index contributed by atoms with van der Waals surface area (Å²) < 4.78 is 19.1. The van der Waals surface area contributed by atoms with Crippen molar-refractivity contribution in [3.63, 3.8) is 0 Å². The Balaban J connectivity index is 6.45. The molecule has 0 N–H and O–H groups in total. The lowest BCUT2D eigenvalue weighted by molar-refractivity contribution is -0.159. The van der Waals surface area contributed by atoms with Crippen LogP contribution in [-0.2, 0) is 28.0 Å². The lowest BCUT2D eigenvalue weighted by Gasteiger charge is -2.46. The van der Waals surface area contributed by atoms with Crippen LogP contribution >= 0.6 is 0 Å². The molecule has 8 heteroatoms. The second kappa shape index (κ2) is 12.1. The number of hydrogen-bond donors (Lipinski definition) is 0. The molecule has 0 amide bonds. The van der Waals surface area contributed by atoms with Crippen LogP contribution in [0.4, 0.5) is 0 Å². The maximum Gasteiger partial charge on any atom is 0.308 e. The summed E-state index contributed by atoms with van der Waals surface area (Å²) in [6, 6.07) is 0. The maximum absolute atomic E-state index is 14.2. The molecule has 0 bridgehead atoms. The number of ether oxygens (including phenoxy) is 1. The SMILES string of the molecule is C[C@@H](C=O)[C@H](O[Si](C)(C)C(C)(C)C)[C@@H](C)C(=O)C(C)(C)[C@H](CC(=O)OC(C)(C)C)O[Si](C)(C)C(C)(C)C. The van der Waals surface area contributed by atoms with Gasteiger partial charge in [0.25, 0.3) is 0 Å². The first-order valence-electron chi connectivity index (χ1n) is 13.7. The van der Waals surface area contributed by atoms with E-state index >= 15 is 0 Å². The summed E-state index contributed by atoms with van der Waals surface area (Å²) in [5, 5.41) is -0.180. The summed E-state index contributed by atoms with van der Waals surface area (Å²) >= 11 is 0. The van der Waals surface area contributed by atoms with Crippen molar-refractivity contribution >= 4 is 34.7 Å². The van der Waals surface area contributed by atoms with Crippen LogP contribution in [0, 0.1) is 17.3 Å². The Kier molecular flexibility index (Phi) is 11.9. The second-order valence-electron chi connectivity index (χ2n) is 15.4. The van der Waals surface area contributed by atoms with Crippen LogP contribution in [-0.4, -0.2) is 52.5 Å². The number of rotatable bonds is 12. The molecule has 218 valence electrons. The molecule has 0 aliphatic rings. The number of hydrogen-bond acceptors (Lipinski definition) is 6. The topological polar surface area (TPSA) is 78.9 Å². The smallest absolute Gasteiger partial charge is 0.308 e. The molecule has 37 heavy (non-hydrogen) atoms. The third kappa shape index (κ3) is 10.0. The van der Waals surface area contributed by atoms with Crippen LogP contribution < -0.4 is 0 Å². The fourth-order valence-corrected chi connectivity index (χ4v) is 6.56. The zero-order valence-corrected chi connectivity index (χ0v) is 29.0. The number of carbonyl (C=O) groups is 3. The molecule has 4 atom stereocenters. The van der Waals surface area contributed by atoms with Gasteiger partial charge in [-0.25, -0.2) is 0 Å². The molecular weight excluding hydrogens is 500 g/mol. The quantitative estimate of drug-likeness (QED) is 0.140. The zero-order chi connectivity index (χ0) is 30.0. The predicted molar refractivity (Wildman–Crippen MR) is 158 cm³/mol. The van der Waals surface area contributed by atoms with E-state index in [0.717, 1.165) is 6.29 Å². The lowest BCUT2D eigenvalue weighted by Crippen LogP contribution is -2.54. The van der Waals surface area contributed by atoms with Crippen LogP contribution in [0.5, 0.6) is 0 Å². The maximum atomic E-state index is 14.2. The zero-order valence-electron chi connectivity index (χ0n) is 27.0. The van der Waals surface area contributed by atoms with Crippen LogP contribution in [0.2, 0.25) is 36.3 Å². The van der Waals surface area contributed by atoms with Crippen molar-refractivity contribution in [1.82, 2.24) is 0 Å². The highest BCUT2D eigenvalue weighted by Crippen LogP contribution is 2.43. The van der Waals surface area contributed by atoms with E-state index in [1.807, 2.05) is 48.5 Å². The summed E-state index contributed by atoms with van der Waals surface area (Å²) in [5.41, 5.74) is -1.65. The Morgan fingerprint density at radius 1 is 0.757 bits per heavy atom. The van der Waals surface area contributed by atoms with Crippen molar-refractivity contribution in [1.29, 1.82) is 0 Å². The van der Waals surface area contributed by atoms with Crippen LogP contribution in [0.1, 0.15) is 96.4 Å². The monoisotopic (exact) mass is 558 g/mol. The number of ketones is 1. The highest BCUT2D eigenvalue weighted by Gasteiger charge is 2.50. The van der Waals surface area contributed by atoms with E-state index in [1.54, 1.807) is 0 Å². The van der Waals surface area contributed by atoms with Crippen LogP contribution in [0.3, 0.4) is 0 Å². The Hall–Kier alpha value is -0.836. The highest BCUT2D eigenvalue weighted by atomic mass is 28.4. The molecule has 0 unspecified atom stereocenters. The normalized spacial score (nSPS) is 17.5. The first kappa shape index (κ1) is 36.2. The van der Waals surface area contributed by atoms with Gasteiger partial charge in [0, 0.05) is 17.3 Å². The molecule has 0 heterocycles. The van der Waals surface area contributed by atoms with E-state index in [2.05, 4.69) is 67.7 Å². The van der Waals surface area contributed by atoms with Crippen molar-refractivity contribution in [2.45, 2.75) is 151 Å². The molecule has 0 fully saturated rings. The average molecular weight is 559 g/mol. The van der Waals surface area contributed by atoms with Crippen molar-refractivity contribution in [3.05, 3.63) is 0 Å². The average Bonchev–Trinajstić information content (AvgIpc) is 2.66. The van der Waals surface area contributed by atoms with E-state index in [-0.39, 0.29) is 28.2 Å². The largest absolute Gasteiger partial charge is 0.460 e. The molecule has 0 radical (unpaired) electrons. The summed E-state index contributed by atoms with van der Waals surface area (Å²) in [6.07, 6.45) is -0.371. The van der Waals surface area contributed by atoms with Gasteiger partial charge in [0.1, 0.15) is 17.7 Å². The standard InChI is InChI=1S/C29H58O6Si2/c1-20(19-30)24(35-37(16,17)28(9,10)11)21(2)25(32)29(12,13)22(18-23(31)33-26(3,4)5)34-36(14,15)27(6,7)8/h19-22,24H,18H2,1-17H3/t20-,21+,22-,24-/m0/s1. The Labute approximate surface area is 230 Å². The third-order valence-electron chi connectivity index (χ3n) is 8.33. The first-order valence-corrected chi connectivity index (χ1v) is 19.5. The van der Waals surface area contributed by atoms with Crippen molar-refractivity contribution < 1.29 is 28.0 Å². The van der Waals surface area contributed by atoms with Gasteiger partial charge < -0.3 is 18.4 Å². The minimum absolute atomic E-state index is 0.0216. The van der Waals surface area contributed by atoms with Gasteiger partial charge in [-0.15, -0.1) is 0 Å².